The van der Waals surface area contributed by atoms with E-state index in [9.17, 15) is 13.2 Å². The minimum Gasteiger partial charge on any atom is -0.464 e. The Kier molecular flexibility index (Phi) is 5.05. The van der Waals surface area contributed by atoms with Gasteiger partial charge in [-0.3, -0.25) is 0 Å². The second-order valence-corrected chi connectivity index (χ2v) is 7.53. The third-order valence-electron chi connectivity index (χ3n) is 3.07. The molecule has 0 fully saturated rings. The molecule has 0 aromatic carbocycles. The summed E-state index contributed by atoms with van der Waals surface area (Å²) in [5.41, 5.74) is 1.17. The lowest BCUT2D eigenvalue weighted by Gasteiger charge is -2.26. The molecule has 0 aliphatic rings. The highest BCUT2D eigenvalue weighted by atomic mass is 32.2. The zero-order valence-electron chi connectivity index (χ0n) is 11.6. The molecule has 19 heavy (non-hydrogen) atoms. The average molecular weight is 306 g/mol. The first-order valence-electron chi connectivity index (χ1n) is 5.73. The number of hydrogen-bond donors (Lipinski definition) is 0. The van der Waals surface area contributed by atoms with E-state index in [0.717, 1.165) is 11.3 Å². The number of ether oxygens (including phenoxy) is 1. The van der Waals surface area contributed by atoms with Crippen LogP contribution in [0.25, 0.3) is 0 Å². The summed E-state index contributed by atoms with van der Waals surface area (Å²) < 4.78 is 30.7. The van der Waals surface area contributed by atoms with Gasteiger partial charge in [0.15, 0.2) is 9.90 Å². The molecule has 1 unspecified atom stereocenters. The van der Waals surface area contributed by atoms with Crippen LogP contribution in [0.15, 0.2) is 9.72 Å². The van der Waals surface area contributed by atoms with E-state index in [1.807, 2.05) is 20.8 Å². The first-order valence-corrected chi connectivity index (χ1v) is 8.05. The van der Waals surface area contributed by atoms with Crippen LogP contribution < -0.4 is 0 Å². The molecule has 1 aromatic rings. The molecule has 1 aromatic heterocycles. The molecule has 8 heteroatoms. The third kappa shape index (κ3) is 3.13. The highest BCUT2D eigenvalue weighted by Crippen LogP contribution is 2.26. The number of esters is 1. The number of sulfonamides is 1. The first-order chi connectivity index (χ1) is 8.73. The van der Waals surface area contributed by atoms with Gasteiger partial charge in [-0.25, -0.2) is 18.2 Å². The fourth-order valence-electron chi connectivity index (χ4n) is 1.42. The number of rotatable bonds is 5. The lowest BCUT2D eigenvalue weighted by Crippen LogP contribution is -2.38. The smallest absolute Gasteiger partial charge is 0.358 e. The van der Waals surface area contributed by atoms with Crippen molar-refractivity contribution in [3.05, 3.63) is 11.2 Å². The van der Waals surface area contributed by atoms with Gasteiger partial charge in [0.05, 0.1) is 12.6 Å². The Balaban J connectivity index is 3.22. The van der Waals surface area contributed by atoms with Crippen LogP contribution in [0, 0.1) is 5.92 Å². The van der Waals surface area contributed by atoms with Gasteiger partial charge in [0, 0.05) is 13.1 Å². The Morgan fingerprint density at radius 1 is 1.42 bits per heavy atom. The highest BCUT2D eigenvalue weighted by molar-refractivity contribution is 7.91. The topological polar surface area (TPSA) is 76.6 Å². The van der Waals surface area contributed by atoms with Crippen LogP contribution >= 0.6 is 11.3 Å². The molecule has 0 saturated heterocycles. The standard InChI is InChI=1S/C11H18N2O4S2/c1-7(2)8(3)13(4)19(15,16)11-9(10(14)17-5)12-6-18-11/h6-8H,1-5H3. The van der Waals surface area contributed by atoms with Gasteiger partial charge in [0.2, 0.25) is 0 Å². The predicted molar refractivity (Wildman–Crippen MR) is 72.7 cm³/mol. The van der Waals surface area contributed by atoms with Crippen LogP contribution in [-0.4, -0.2) is 43.9 Å². The van der Waals surface area contributed by atoms with Crippen molar-refractivity contribution in [3.63, 3.8) is 0 Å². The summed E-state index contributed by atoms with van der Waals surface area (Å²) >= 11 is 0.916. The molecular formula is C11H18N2O4S2. The zero-order chi connectivity index (χ0) is 14.8. The Morgan fingerprint density at radius 3 is 2.47 bits per heavy atom. The van der Waals surface area contributed by atoms with E-state index in [0.29, 0.717) is 0 Å². The monoisotopic (exact) mass is 306 g/mol. The minimum absolute atomic E-state index is 0.0747. The van der Waals surface area contributed by atoms with Crippen molar-refractivity contribution in [2.24, 2.45) is 5.92 Å². The zero-order valence-corrected chi connectivity index (χ0v) is 13.2. The number of thiazole rings is 1. The maximum Gasteiger partial charge on any atom is 0.358 e. The number of hydrogen-bond acceptors (Lipinski definition) is 6. The Bertz CT molecular complexity index is 551. The quantitative estimate of drug-likeness (QED) is 0.772. The van der Waals surface area contributed by atoms with Gasteiger partial charge in [-0.05, 0) is 12.8 Å². The molecule has 108 valence electrons. The molecule has 1 rings (SSSR count). The van der Waals surface area contributed by atoms with E-state index < -0.39 is 16.0 Å². The summed E-state index contributed by atoms with van der Waals surface area (Å²) in [6, 6.07) is -0.183. The summed E-state index contributed by atoms with van der Waals surface area (Å²) in [5.74, 6) is -0.584. The first kappa shape index (κ1) is 16.1. The Morgan fingerprint density at radius 2 is 2.00 bits per heavy atom. The van der Waals surface area contributed by atoms with Crippen molar-refractivity contribution in [1.29, 1.82) is 0 Å². The van der Waals surface area contributed by atoms with Gasteiger partial charge >= 0.3 is 5.97 Å². The molecule has 0 spiro atoms. The van der Waals surface area contributed by atoms with Crippen molar-refractivity contribution >= 4 is 27.3 Å². The van der Waals surface area contributed by atoms with E-state index in [2.05, 4.69) is 9.72 Å². The summed E-state index contributed by atoms with van der Waals surface area (Å²) in [5, 5.41) is 0. The van der Waals surface area contributed by atoms with Crippen LogP contribution in [-0.2, 0) is 14.8 Å². The van der Waals surface area contributed by atoms with E-state index in [4.69, 9.17) is 0 Å². The third-order valence-corrected chi connectivity index (χ3v) is 6.36. The summed E-state index contributed by atoms with van der Waals surface area (Å²) in [6.07, 6.45) is 0. The van der Waals surface area contributed by atoms with Crippen molar-refractivity contribution in [2.45, 2.75) is 31.0 Å². The van der Waals surface area contributed by atoms with Crippen LogP contribution in [0.4, 0.5) is 0 Å². The second kappa shape index (κ2) is 5.98. The van der Waals surface area contributed by atoms with Gasteiger partial charge in [-0.15, -0.1) is 11.3 Å². The van der Waals surface area contributed by atoms with Gasteiger partial charge in [0.1, 0.15) is 0 Å². The molecular weight excluding hydrogens is 288 g/mol. The normalized spacial score (nSPS) is 13.8. The van der Waals surface area contributed by atoms with E-state index >= 15 is 0 Å². The summed E-state index contributed by atoms with van der Waals surface area (Å²) in [6.45, 7) is 5.69. The Labute approximate surface area is 117 Å². The molecule has 0 saturated carbocycles. The fraction of sp³-hybridized carbons (Fsp3) is 0.636. The fourth-order valence-corrected chi connectivity index (χ4v) is 4.21. The molecule has 1 atom stereocenters. The van der Waals surface area contributed by atoms with E-state index in [-0.39, 0.29) is 21.9 Å². The molecule has 0 aliphatic heterocycles. The number of nitrogens with zero attached hydrogens (tertiary/aromatic N) is 2. The minimum atomic E-state index is -3.74. The molecule has 0 bridgehead atoms. The summed E-state index contributed by atoms with van der Waals surface area (Å²) in [7, 11) is -1.04. The van der Waals surface area contributed by atoms with Gasteiger partial charge < -0.3 is 4.74 Å². The van der Waals surface area contributed by atoms with Crippen molar-refractivity contribution in [2.75, 3.05) is 14.2 Å². The predicted octanol–water partition coefficient (Wildman–Crippen LogP) is 1.59. The molecule has 6 nitrogen and oxygen atoms in total. The van der Waals surface area contributed by atoms with Gasteiger partial charge in [0.25, 0.3) is 10.0 Å². The molecule has 0 N–H and O–H groups in total. The Hall–Kier alpha value is -0.990. The van der Waals surface area contributed by atoms with Crippen LogP contribution in [0.2, 0.25) is 0 Å². The maximum absolute atomic E-state index is 12.5. The molecule has 1 heterocycles. The molecule has 0 amide bonds. The highest BCUT2D eigenvalue weighted by Gasteiger charge is 2.33. The number of carbonyl (C=O) groups excluding carboxylic acids is 1. The number of carbonyl (C=O) groups is 1. The molecule has 0 radical (unpaired) electrons. The SMILES string of the molecule is COC(=O)c1ncsc1S(=O)(=O)N(C)C(C)C(C)C. The van der Waals surface area contributed by atoms with Gasteiger partial charge in [-0.2, -0.15) is 4.31 Å². The van der Waals surface area contributed by atoms with Crippen LogP contribution in [0.3, 0.4) is 0 Å². The lowest BCUT2D eigenvalue weighted by atomic mass is 10.1. The van der Waals surface area contributed by atoms with Crippen molar-refractivity contribution < 1.29 is 17.9 Å². The van der Waals surface area contributed by atoms with E-state index in [1.54, 1.807) is 0 Å². The van der Waals surface area contributed by atoms with Crippen molar-refractivity contribution in [3.8, 4) is 0 Å². The molecule has 0 aliphatic carbocycles. The van der Waals surface area contributed by atoms with Crippen LogP contribution in [0.5, 0.6) is 0 Å². The second-order valence-electron chi connectivity index (χ2n) is 4.49. The van der Waals surface area contributed by atoms with Crippen LogP contribution in [0.1, 0.15) is 31.3 Å². The average Bonchev–Trinajstić information content (AvgIpc) is 2.85. The van der Waals surface area contributed by atoms with E-state index in [1.165, 1.54) is 24.0 Å². The number of methoxy groups -OCH3 is 1. The number of aromatic nitrogens is 1. The lowest BCUT2D eigenvalue weighted by molar-refractivity contribution is 0.0590. The summed E-state index contributed by atoms with van der Waals surface area (Å²) in [4.78, 5) is 15.3. The largest absolute Gasteiger partial charge is 0.464 e. The van der Waals surface area contributed by atoms with Gasteiger partial charge in [-0.1, -0.05) is 13.8 Å². The maximum atomic E-state index is 12.5. The van der Waals surface area contributed by atoms with Crippen molar-refractivity contribution in [1.82, 2.24) is 9.29 Å².